The maximum Gasteiger partial charge on any atom is 0.289 e. The number of hydrogen-bond donors (Lipinski definition) is 5. The molecule has 1 aromatic rings. The van der Waals surface area contributed by atoms with E-state index in [1.807, 2.05) is 39.8 Å². The van der Waals surface area contributed by atoms with Gasteiger partial charge in [0, 0.05) is 24.5 Å². The van der Waals surface area contributed by atoms with E-state index in [2.05, 4.69) is 36.6 Å². The van der Waals surface area contributed by atoms with Gasteiger partial charge in [0.25, 0.3) is 11.8 Å². The van der Waals surface area contributed by atoms with Crippen LogP contribution in [-0.2, 0) is 24.0 Å². The van der Waals surface area contributed by atoms with Gasteiger partial charge < -0.3 is 26.6 Å². The molecule has 5 N–H and O–H groups in total. The van der Waals surface area contributed by atoms with Gasteiger partial charge in [0.15, 0.2) is 0 Å². The molecule has 3 fully saturated rings. The summed E-state index contributed by atoms with van der Waals surface area (Å²) in [7, 11) is 0. The van der Waals surface area contributed by atoms with E-state index in [9.17, 15) is 28.8 Å². The molecule has 0 saturated heterocycles. The van der Waals surface area contributed by atoms with Crippen molar-refractivity contribution in [1.82, 2.24) is 36.6 Å². The summed E-state index contributed by atoms with van der Waals surface area (Å²) in [6.45, 7) is 7.44. The molecule has 49 heavy (non-hydrogen) atoms. The largest absolute Gasteiger partial charge is 0.350 e. The van der Waals surface area contributed by atoms with Crippen LogP contribution in [-0.4, -0.2) is 75.5 Å². The number of nitrogens with one attached hydrogen (secondary N) is 5. The highest BCUT2D eigenvalue weighted by Gasteiger charge is 2.50. The van der Waals surface area contributed by atoms with Crippen LogP contribution in [0.25, 0.3) is 0 Å². The van der Waals surface area contributed by atoms with Crippen LogP contribution in [0, 0.1) is 29.1 Å². The summed E-state index contributed by atoms with van der Waals surface area (Å²) in [4.78, 5) is 88.6. The Morgan fingerprint density at radius 1 is 0.857 bits per heavy atom. The van der Waals surface area contributed by atoms with Crippen LogP contribution in [0.5, 0.6) is 0 Å². The highest BCUT2D eigenvalue weighted by atomic mass is 16.2. The van der Waals surface area contributed by atoms with Crippen molar-refractivity contribution in [3.05, 3.63) is 36.4 Å². The second-order valence-corrected chi connectivity index (χ2v) is 15.2. The number of amides is 5. The van der Waals surface area contributed by atoms with Gasteiger partial charge in [-0.25, -0.2) is 4.98 Å². The molecular formula is C36H51N7O6. The van der Waals surface area contributed by atoms with Gasteiger partial charge in [0.05, 0.1) is 18.2 Å². The maximum atomic E-state index is 14.1. The van der Waals surface area contributed by atoms with Crippen molar-refractivity contribution in [3.63, 3.8) is 0 Å². The molecule has 4 aliphatic carbocycles. The fourth-order valence-electron chi connectivity index (χ4n) is 7.50. The predicted molar refractivity (Wildman–Crippen MR) is 180 cm³/mol. The maximum absolute atomic E-state index is 14.1. The fourth-order valence-corrected chi connectivity index (χ4v) is 7.50. The van der Waals surface area contributed by atoms with E-state index < -0.39 is 64.9 Å². The summed E-state index contributed by atoms with van der Waals surface area (Å²) in [5.74, 6) is -4.09. The van der Waals surface area contributed by atoms with Crippen molar-refractivity contribution in [2.24, 2.45) is 29.1 Å². The van der Waals surface area contributed by atoms with Crippen LogP contribution in [0.15, 0.2) is 30.7 Å². The van der Waals surface area contributed by atoms with Crippen LogP contribution in [0.1, 0.15) is 102 Å². The first kappa shape index (κ1) is 36.1. The number of aromatic nitrogens is 2. The van der Waals surface area contributed by atoms with Crippen molar-refractivity contribution in [3.8, 4) is 0 Å². The van der Waals surface area contributed by atoms with Gasteiger partial charge in [-0.2, -0.15) is 0 Å². The molecule has 5 rings (SSSR count). The van der Waals surface area contributed by atoms with Gasteiger partial charge in [-0.1, -0.05) is 65.5 Å². The molecule has 266 valence electrons. The second kappa shape index (κ2) is 15.6. The summed E-state index contributed by atoms with van der Waals surface area (Å²) in [5, 5.41) is 14.5. The summed E-state index contributed by atoms with van der Waals surface area (Å²) in [5.41, 5.74) is -0.619. The van der Waals surface area contributed by atoms with E-state index in [0.29, 0.717) is 19.3 Å². The number of carbonyl (C=O) groups excluding carboxylic acids is 6. The van der Waals surface area contributed by atoms with Gasteiger partial charge in [-0.15, -0.1) is 0 Å². The molecule has 0 aliphatic heterocycles. The summed E-state index contributed by atoms with van der Waals surface area (Å²) >= 11 is 0. The number of Topliss-reactive ketones (excluding diaryl/α,β-unsaturated/α-hetero) is 1. The molecule has 13 heteroatoms. The van der Waals surface area contributed by atoms with E-state index in [1.165, 1.54) is 18.6 Å². The summed E-state index contributed by atoms with van der Waals surface area (Å²) < 4.78 is 0. The Morgan fingerprint density at radius 3 is 2.20 bits per heavy atom. The number of ketones is 1. The molecule has 4 unspecified atom stereocenters. The Balaban J connectivity index is 1.29. The van der Waals surface area contributed by atoms with Crippen molar-refractivity contribution in [2.75, 3.05) is 0 Å². The van der Waals surface area contributed by atoms with Crippen LogP contribution < -0.4 is 26.6 Å². The Labute approximate surface area is 288 Å². The molecule has 5 amide bonds. The Bertz CT molecular complexity index is 1430. The lowest BCUT2D eigenvalue weighted by Gasteiger charge is -2.36. The van der Waals surface area contributed by atoms with E-state index >= 15 is 0 Å². The van der Waals surface area contributed by atoms with Crippen LogP contribution in [0.4, 0.5) is 0 Å². The third-order valence-electron chi connectivity index (χ3n) is 10.3. The minimum Gasteiger partial charge on any atom is -0.350 e. The number of nitrogens with zero attached hydrogens (tertiary/aromatic N) is 2. The Morgan fingerprint density at radius 2 is 1.57 bits per heavy atom. The van der Waals surface area contributed by atoms with Crippen LogP contribution >= 0.6 is 0 Å². The first-order valence-electron chi connectivity index (χ1n) is 17.9. The SMILES string of the molecule is CCC[C@@H](NC(=O)C1C2C=CC(C2)C1NC(=O)[C@@H](NC(=O)[C@@H](NC(=O)c1cnccn1)C1CCCCC1)C(C)(C)C)C(=O)C(=O)NC1CC1. The smallest absolute Gasteiger partial charge is 0.289 e. The van der Waals surface area contributed by atoms with E-state index in [-0.39, 0.29) is 35.4 Å². The zero-order valence-electron chi connectivity index (χ0n) is 29.0. The van der Waals surface area contributed by atoms with Gasteiger partial charge in [0.1, 0.15) is 17.8 Å². The molecule has 13 nitrogen and oxygen atoms in total. The molecule has 4 aliphatic rings. The highest BCUT2D eigenvalue weighted by Crippen LogP contribution is 2.44. The third kappa shape index (κ3) is 8.90. The monoisotopic (exact) mass is 677 g/mol. The topological polar surface area (TPSA) is 188 Å². The summed E-state index contributed by atoms with van der Waals surface area (Å²) in [6.07, 6.45) is 16.0. The van der Waals surface area contributed by atoms with Crippen molar-refractivity contribution in [1.29, 1.82) is 0 Å². The van der Waals surface area contributed by atoms with E-state index in [4.69, 9.17) is 0 Å². The summed E-state index contributed by atoms with van der Waals surface area (Å²) in [6, 6.07) is -3.35. The second-order valence-electron chi connectivity index (χ2n) is 15.2. The molecule has 1 heterocycles. The molecule has 0 aromatic carbocycles. The molecule has 1 aromatic heterocycles. The first-order valence-corrected chi connectivity index (χ1v) is 17.9. The van der Waals surface area contributed by atoms with Gasteiger partial charge in [-0.3, -0.25) is 33.8 Å². The molecular weight excluding hydrogens is 626 g/mol. The quantitative estimate of drug-likeness (QED) is 0.146. The zero-order valence-corrected chi connectivity index (χ0v) is 29.0. The van der Waals surface area contributed by atoms with E-state index in [0.717, 1.165) is 44.9 Å². The van der Waals surface area contributed by atoms with Crippen molar-refractivity contribution in [2.45, 2.75) is 122 Å². The number of fused-ring (bicyclic) bond motifs is 2. The first-order chi connectivity index (χ1) is 23.4. The normalized spacial score (nSPS) is 25.1. The van der Waals surface area contributed by atoms with Gasteiger partial charge in [0.2, 0.25) is 23.5 Å². The third-order valence-corrected chi connectivity index (χ3v) is 10.3. The molecule has 7 atom stereocenters. The number of carbonyl (C=O) groups is 6. The van der Waals surface area contributed by atoms with Crippen LogP contribution in [0.2, 0.25) is 0 Å². The average molecular weight is 678 g/mol. The average Bonchev–Trinajstić information content (AvgIpc) is 3.66. The molecule has 0 spiro atoms. The lowest BCUT2D eigenvalue weighted by Crippen LogP contribution is -2.62. The lowest BCUT2D eigenvalue weighted by molar-refractivity contribution is -0.141. The van der Waals surface area contributed by atoms with E-state index in [1.54, 1.807) is 0 Å². The lowest BCUT2D eigenvalue weighted by atomic mass is 9.81. The fraction of sp³-hybridized carbons (Fsp3) is 0.667. The van der Waals surface area contributed by atoms with Crippen LogP contribution in [0.3, 0.4) is 0 Å². The van der Waals surface area contributed by atoms with Gasteiger partial charge in [-0.05, 0) is 61.7 Å². The number of hydrogen-bond acceptors (Lipinski definition) is 8. The zero-order chi connectivity index (χ0) is 35.3. The molecule has 0 radical (unpaired) electrons. The molecule has 3 saturated carbocycles. The van der Waals surface area contributed by atoms with Gasteiger partial charge >= 0.3 is 0 Å². The minimum atomic E-state index is -0.980. The Hall–Kier alpha value is -4.16. The number of allylic oxidation sites excluding steroid dienone is 1. The minimum absolute atomic E-state index is 0.0216. The molecule has 2 bridgehead atoms. The van der Waals surface area contributed by atoms with Crippen molar-refractivity contribution < 1.29 is 28.8 Å². The number of rotatable bonds is 14. The Kier molecular flexibility index (Phi) is 11.5. The van der Waals surface area contributed by atoms with Crippen molar-refractivity contribution >= 4 is 35.3 Å². The standard InChI is InChI=1S/C36H51N7O6/c1-5-9-24(29(44)34(48)39-23-14-15-23)40-32(46)26-21-12-13-22(18-21)27(26)41-35(49)30(36(2,3)4)43-33(47)28(20-10-7-6-8-11-20)42-31(45)25-19-37-16-17-38-25/h12-13,16-17,19-24,26-28,30H,5-11,14-15,18H2,1-4H3,(H,39,48)(H,40,46)(H,41,49)(H,42,45)(H,43,47)/t21?,22?,24-,26?,27?,28+,30-/m1/s1. The predicted octanol–water partition coefficient (Wildman–Crippen LogP) is 2.13. The highest BCUT2D eigenvalue weighted by molar-refractivity contribution is 6.38.